The molecule has 0 heterocycles. The third-order valence-corrected chi connectivity index (χ3v) is 3.54. The number of hydrogen-bond donors (Lipinski definition) is 1. The minimum absolute atomic E-state index is 0.732. The Labute approximate surface area is 83.3 Å². The Morgan fingerprint density at radius 2 is 2.00 bits per heavy atom. The van der Waals surface area contributed by atoms with Crippen LogP contribution in [0, 0.1) is 11.8 Å². The number of hydrogen-bond acceptors (Lipinski definition) is 1. The van der Waals surface area contributed by atoms with Gasteiger partial charge in [0.05, 0.1) is 0 Å². The van der Waals surface area contributed by atoms with Crippen LogP contribution >= 0.6 is 0 Å². The second-order valence-corrected chi connectivity index (χ2v) is 4.67. The zero-order valence-corrected chi connectivity index (χ0v) is 9.47. The molecule has 0 aromatic carbocycles. The number of rotatable bonds is 4. The quantitative estimate of drug-likeness (QED) is 0.706. The van der Waals surface area contributed by atoms with E-state index in [9.17, 15) is 0 Å². The summed E-state index contributed by atoms with van der Waals surface area (Å²) in [5.74, 6) is 1.87. The standard InChI is InChI=1S/C12H25N/c1-4-9-13-11(3)12-8-6-5-7-10(12)2/h10-13H,4-9H2,1-3H3. The minimum Gasteiger partial charge on any atom is -0.314 e. The van der Waals surface area contributed by atoms with Gasteiger partial charge < -0.3 is 5.32 Å². The molecule has 1 aliphatic carbocycles. The lowest BCUT2D eigenvalue weighted by molar-refractivity contribution is 0.203. The van der Waals surface area contributed by atoms with Gasteiger partial charge in [-0.05, 0) is 38.1 Å². The van der Waals surface area contributed by atoms with E-state index in [4.69, 9.17) is 0 Å². The van der Waals surface area contributed by atoms with Gasteiger partial charge in [0.2, 0.25) is 0 Å². The molecule has 1 fully saturated rings. The SMILES string of the molecule is CCCNC(C)C1CCCCC1C. The molecule has 1 aliphatic rings. The van der Waals surface area contributed by atoms with Crippen molar-refractivity contribution < 1.29 is 0 Å². The Bertz CT molecular complexity index is 133. The van der Waals surface area contributed by atoms with Crippen LogP contribution in [-0.2, 0) is 0 Å². The third-order valence-electron chi connectivity index (χ3n) is 3.54. The lowest BCUT2D eigenvalue weighted by atomic mass is 9.77. The van der Waals surface area contributed by atoms with Gasteiger partial charge in [0, 0.05) is 6.04 Å². The summed E-state index contributed by atoms with van der Waals surface area (Å²) in [5, 5.41) is 3.63. The van der Waals surface area contributed by atoms with Gasteiger partial charge in [-0.2, -0.15) is 0 Å². The summed E-state index contributed by atoms with van der Waals surface area (Å²) >= 11 is 0. The van der Waals surface area contributed by atoms with Crippen LogP contribution in [0.5, 0.6) is 0 Å². The van der Waals surface area contributed by atoms with Crippen molar-refractivity contribution in [3.63, 3.8) is 0 Å². The minimum atomic E-state index is 0.732. The molecule has 0 spiro atoms. The molecule has 0 bridgehead atoms. The van der Waals surface area contributed by atoms with Crippen molar-refractivity contribution in [1.29, 1.82) is 0 Å². The molecule has 1 N–H and O–H groups in total. The Hall–Kier alpha value is -0.0400. The maximum atomic E-state index is 3.63. The average Bonchev–Trinajstić information content (AvgIpc) is 2.15. The first-order valence-corrected chi connectivity index (χ1v) is 5.99. The second-order valence-electron chi connectivity index (χ2n) is 4.67. The van der Waals surface area contributed by atoms with Crippen LogP contribution in [0.15, 0.2) is 0 Å². The fourth-order valence-corrected chi connectivity index (χ4v) is 2.61. The fourth-order valence-electron chi connectivity index (χ4n) is 2.61. The van der Waals surface area contributed by atoms with Gasteiger partial charge in [-0.15, -0.1) is 0 Å². The van der Waals surface area contributed by atoms with Crippen LogP contribution in [0.1, 0.15) is 52.9 Å². The molecular formula is C12H25N. The molecule has 13 heavy (non-hydrogen) atoms. The van der Waals surface area contributed by atoms with Crippen LogP contribution < -0.4 is 5.32 Å². The number of nitrogens with one attached hydrogen (secondary N) is 1. The van der Waals surface area contributed by atoms with E-state index in [1.807, 2.05) is 0 Å². The summed E-state index contributed by atoms with van der Waals surface area (Å²) in [4.78, 5) is 0. The summed E-state index contributed by atoms with van der Waals surface area (Å²) in [6.07, 6.45) is 7.05. The summed E-state index contributed by atoms with van der Waals surface area (Å²) < 4.78 is 0. The molecule has 1 rings (SSSR count). The predicted molar refractivity (Wildman–Crippen MR) is 58.9 cm³/mol. The van der Waals surface area contributed by atoms with Gasteiger partial charge >= 0.3 is 0 Å². The van der Waals surface area contributed by atoms with E-state index in [1.165, 1.54) is 38.6 Å². The maximum absolute atomic E-state index is 3.63. The second kappa shape index (κ2) is 5.64. The van der Waals surface area contributed by atoms with Crippen molar-refractivity contribution in [3.8, 4) is 0 Å². The van der Waals surface area contributed by atoms with Crippen molar-refractivity contribution in [2.45, 2.75) is 58.9 Å². The first-order chi connectivity index (χ1) is 6.25. The van der Waals surface area contributed by atoms with Crippen LogP contribution in [-0.4, -0.2) is 12.6 Å². The van der Waals surface area contributed by atoms with Crippen LogP contribution in [0.25, 0.3) is 0 Å². The molecule has 3 atom stereocenters. The highest BCUT2D eigenvalue weighted by Gasteiger charge is 2.25. The van der Waals surface area contributed by atoms with E-state index in [-0.39, 0.29) is 0 Å². The largest absolute Gasteiger partial charge is 0.314 e. The molecule has 3 unspecified atom stereocenters. The van der Waals surface area contributed by atoms with Gasteiger partial charge in [0.15, 0.2) is 0 Å². The zero-order chi connectivity index (χ0) is 9.68. The van der Waals surface area contributed by atoms with Crippen molar-refractivity contribution in [3.05, 3.63) is 0 Å². The van der Waals surface area contributed by atoms with E-state index < -0.39 is 0 Å². The van der Waals surface area contributed by atoms with Gasteiger partial charge in [-0.3, -0.25) is 0 Å². The summed E-state index contributed by atoms with van der Waals surface area (Å²) in [6, 6.07) is 0.732. The normalized spacial score (nSPS) is 31.6. The Morgan fingerprint density at radius 1 is 1.31 bits per heavy atom. The van der Waals surface area contributed by atoms with Crippen molar-refractivity contribution in [1.82, 2.24) is 5.32 Å². The monoisotopic (exact) mass is 183 g/mol. The Balaban J connectivity index is 2.30. The molecule has 0 aromatic heterocycles. The van der Waals surface area contributed by atoms with E-state index in [0.717, 1.165) is 17.9 Å². The molecule has 0 aliphatic heterocycles. The Morgan fingerprint density at radius 3 is 2.62 bits per heavy atom. The molecule has 0 aromatic rings. The van der Waals surface area contributed by atoms with Crippen molar-refractivity contribution in [2.24, 2.45) is 11.8 Å². The third kappa shape index (κ3) is 3.30. The average molecular weight is 183 g/mol. The highest BCUT2D eigenvalue weighted by molar-refractivity contribution is 4.80. The molecule has 1 heteroatoms. The smallest absolute Gasteiger partial charge is 0.00695 e. The van der Waals surface area contributed by atoms with Crippen molar-refractivity contribution in [2.75, 3.05) is 6.54 Å². The van der Waals surface area contributed by atoms with E-state index >= 15 is 0 Å². The Kier molecular flexibility index (Phi) is 4.79. The van der Waals surface area contributed by atoms with E-state index in [2.05, 4.69) is 26.1 Å². The van der Waals surface area contributed by atoms with E-state index in [1.54, 1.807) is 0 Å². The zero-order valence-electron chi connectivity index (χ0n) is 9.47. The summed E-state index contributed by atoms with van der Waals surface area (Å²) in [7, 11) is 0. The highest BCUT2D eigenvalue weighted by Crippen LogP contribution is 2.31. The lowest BCUT2D eigenvalue weighted by Gasteiger charge is -2.34. The predicted octanol–water partition coefficient (Wildman–Crippen LogP) is 3.20. The maximum Gasteiger partial charge on any atom is 0.00695 e. The summed E-state index contributed by atoms with van der Waals surface area (Å²) in [6.45, 7) is 8.21. The molecule has 78 valence electrons. The molecule has 0 radical (unpaired) electrons. The van der Waals surface area contributed by atoms with Crippen LogP contribution in [0.4, 0.5) is 0 Å². The molecule has 0 saturated heterocycles. The topological polar surface area (TPSA) is 12.0 Å². The molecule has 1 nitrogen and oxygen atoms in total. The van der Waals surface area contributed by atoms with Crippen LogP contribution in [0.2, 0.25) is 0 Å². The highest BCUT2D eigenvalue weighted by atomic mass is 14.9. The fraction of sp³-hybridized carbons (Fsp3) is 1.00. The van der Waals surface area contributed by atoms with Gasteiger partial charge in [0.1, 0.15) is 0 Å². The van der Waals surface area contributed by atoms with Gasteiger partial charge in [-0.1, -0.05) is 33.1 Å². The lowest BCUT2D eigenvalue weighted by Crippen LogP contribution is -2.38. The van der Waals surface area contributed by atoms with Crippen molar-refractivity contribution >= 4 is 0 Å². The van der Waals surface area contributed by atoms with E-state index in [0.29, 0.717) is 0 Å². The van der Waals surface area contributed by atoms with Gasteiger partial charge in [0.25, 0.3) is 0 Å². The molecule has 1 saturated carbocycles. The van der Waals surface area contributed by atoms with Gasteiger partial charge in [-0.25, -0.2) is 0 Å². The first kappa shape index (κ1) is 11.0. The van der Waals surface area contributed by atoms with Crippen LogP contribution in [0.3, 0.4) is 0 Å². The summed E-state index contributed by atoms with van der Waals surface area (Å²) in [5.41, 5.74) is 0. The molecular weight excluding hydrogens is 158 g/mol. The molecule has 0 amide bonds. The first-order valence-electron chi connectivity index (χ1n) is 5.99.